The van der Waals surface area contributed by atoms with Gasteiger partial charge in [0.05, 0.1) is 0 Å². The summed E-state index contributed by atoms with van der Waals surface area (Å²) in [5.74, 6) is -0.307. The molecular formula is C14H11BrN2O2. The van der Waals surface area contributed by atoms with E-state index in [1.54, 1.807) is 6.07 Å². The molecule has 1 aromatic carbocycles. The highest BCUT2D eigenvalue weighted by Crippen LogP contribution is 2.23. The third-order valence-corrected chi connectivity index (χ3v) is 3.53. The van der Waals surface area contributed by atoms with Crippen LogP contribution in [0.1, 0.15) is 26.4 Å². The van der Waals surface area contributed by atoms with Gasteiger partial charge in [-0.1, -0.05) is 22.0 Å². The second kappa shape index (κ2) is 5.75. The zero-order chi connectivity index (χ0) is 13.8. The van der Waals surface area contributed by atoms with Gasteiger partial charge in [-0.25, -0.2) is 0 Å². The average molecular weight is 319 g/mol. The summed E-state index contributed by atoms with van der Waals surface area (Å²) in [7, 11) is 0. The largest absolute Gasteiger partial charge is 0.320 e. The standard InChI is InChI=1S/C14H11BrN2O2/c1-9-11(15)3-2-4-12(9)17-14(19)13-6-5-10(8-18)7-16-13/h2-8H,1H3,(H,17,19). The fourth-order valence-corrected chi connectivity index (χ4v) is 1.90. The normalized spacial score (nSPS) is 10.0. The number of nitrogens with one attached hydrogen (secondary N) is 1. The van der Waals surface area contributed by atoms with Crippen molar-refractivity contribution >= 4 is 33.8 Å². The van der Waals surface area contributed by atoms with Crippen LogP contribution in [0.2, 0.25) is 0 Å². The van der Waals surface area contributed by atoms with Crippen LogP contribution in [0.25, 0.3) is 0 Å². The Balaban J connectivity index is 2.20. The van der Waals surface area contributed by atoms with E-state index >= 15 is 0 Å². The van der Waals surface area contributed by atoms with Crippen LogP contribution in [0.4, 0.5) is 5.69 Å². The molecule has 4 nitrogen and oxygen atoms in total. The Bertz CT molecular complexity index is 624. The quantitative estimate of drug-likeness (QED) is 0.884. The van der Waals surface area contributed by atoms with Gasteiger partial charge < -0.3 is 5.32 Å². The number of hydrogen-bond acceptors (Lipinski definition) is 3. The summed E-state index contributed by atoms with van der Waals surface area (Å²) in [4.78, 5) is 26.5. The number of aldehydes is 1. The summed E-state index contributed by atoms with van der Waals surface area (Å²) in [5.41, 5.74) is 2.38. The lowest BCUT2D eigenvalue weighted by Crippen LogP contribution is -2.14. The van der Waals surface area contributed by atoms with Crippen molar-refractivity contribution in [2.24, 2.45) is 0 Å². The van der Waals surface area contributed by atoms with Gasteiger partial charge in [0.2, 0.25) is 0 Å². The number of carbonyl (C=O) groups is 2. The summed E-state index contributed by atoms with van der Waals surface area (Å²) in [6, 6.07) is 8.64. The van der Waals surface area contributed by atoms with Crippen molar-refractivity contribution in [1.82, 2.24) is 4.98 Å². The molecule has 0 radical (unpaired) electrons. The first-order valence-electron chi connectivity index (χ1n) is 5.59. The Morgan fingerprint density at radius 2 is 2.11 bits per heavy atom. The van der Waals surface area contributed by atoms with Gasteiger partial charge in [0.15, 0.2) is 6.29 Å². The summed E-state index contributed by atoms with van der Waals surface area (Å²) < 4.78 is 0.926. The summed E-state index contributed by atoms with van der Waals surface area (Å²) in [5, 5.41) is 2.79. The molecule has 0 aliphatic rings. The number of nitrogens with zero attached hydrogens (tertiary/aromatic N) is 1. The van der Waals surface area contributed by atoms with Crippen molar-refractivity contribution in [2.45, 2.75) is 6.92 Å². The predicted molar refractivity (Wildman–Crippen MR) is 76.5 cm³/mol. The van der Waals surface area contributed by atoms with Gasteiger partial charge in [-0.05, 0) is 36.8 Å². The highest BCUT2D eigenvalue weighted by Gasteiger charge is 2.10. The van der Waals surface area contributed by atoms with Crippen molar-refractivity contribution in [3.05, 3.63) is 57.8 Å². The fourth-order valence-electron chi connectivity index (χ4n) is 1.54. The molecule has 5 heteroatoms. The van der Waals surface area contributed by atoms with Crippen LogP contribution in [0.5, 0.6) is 0 Å². The molecule has 0 aliphatic heterocycles. The van der Waals surface area contributed by atoms with Crippen LogP contribution in [0.15, 0.2) is 41.0 Å². The van der Waals surface area contributed by atoms with Crippen LogP contribution < -0.4 is 5.32 Å². The maximum Gasteiger partial charge on any atom is 0.274 e. The second-order valence-corrected chi connectivity index (χ2v) is 4.82. The molecule has 2 rings (SSSR count). The maximum absolute atomic E-state index is 12.0. The molecule has 2 aromatic rings. The van der Waals surface area contributed by atoms with Crippen molar-refractivity contribution < 1.29 is 9.59 Å². The van der Waals surface area contributed by atoms with E-state index in [0.29, 0.717) is 11.8 Å². The number of hydrogen-bond donors (Lipinski definition) is 1. The zero-order valence-corrected chi connectivity index (χ0v) is 11.8. The number of anilines is 1. The average Bonchev–Trinajstić information content (AvgIpc) is 2.44. The van der Waals surface area contributed by atoms with Crippen LogP contribution in [0.3, 0.4) is 0 Å². The molecule has 0 fully saturated rings. The molecule has 1 N–H and O–H groups in total. The van der Waals surface area contributed by atoms with E-state index in [1.165, 1.54) is 12.3 Å². The van der Waals surface area contributed by atoms with Crippen molar-refractivity contribution in [3.63, 3.8) is 0 Å². The topological polar surface area (TPSA) is 59.1 Å². The monoisotopic (exact) mass is 318 g/mol. The molecule has 0 unspecified atom stereocenters. The lowest BCUT2D eigenvalue weighted by molar-refractivity contribution is 0.102. The number of carbonyl (C=O) groups excluding carboxylic acids is 2. The van der Waals surface area contributed by atoms with Crippen LogP contribution in [-0.2, 0) is 0 Å². The van der Waals surface area contributed by atoms with Gasteiger partial charge in [0.25, 0.3) is 5.91 Å². The minimum Gasteiger partial charge on any atom is -0.320 e. The van der Waals surface area contributed by atoms with Crippen molar-refractivity contribution in [3.8, 4) is 0 Å². The molecule has 1 amide bonds. The van der Waals surface area contributed by atoms with E-state index in [9.17, 15) is 9.59 Å². The molecule has 1 heterocycles. The molecule has 19 heavy (non-hydrogen) atoms. The second-order valence-electron chi connectivity index (χ2n) is 3.96. The highest BCUT2D eigenvalue weighted by molar-refractivity contribution is 9.10. The summed E-state index contributed by atoms with van der Waals surface area (Å²) in [6.07, 6.45) is 2.06. The van der Waals surface area contributed by atoms with Crippen LogP contribution in [0, 0.1) is 6.92 Å². The Kier molecular flexibility index (Phi) is 4.06. The van der Waals surface area contributed by atoms with E-state index in [1.807, 2.05) is 25.1 Å². The number of halogens is 1. The molecule has 0 bridgehead atoms. The first kappa shape index (κ1) is 13.4. The van der Waals surface area contributed by atoms with Gasteiger partial charge in [-0.15, -0.1) is 0 Å². The molecule has 0 saturated carbocycles. The van der Waals surface area contributed by atoms with Gasteiger partial charge in [-0.3, -0.25) is 14.6 Å². The number of amides is 1. The molecule has 0 spiro atoms. The molecule has 0 saturated heterocycles. The van der Waals surface area contributed by atoms with E-state index in [4.69, 9.17) is 0 Å². The van der Waals surface area contributed by atoms with Crippen molar-refractivity contribution in [1.29, 1.82) is 0 Å². The number of benzene rings is 1. The lowest BCUT2D eigenvalue weighted by atomic mass is 10.2. The predicted octanol–water partition coefficient (Wildman–Crippen LogP) is 3.22. The molecule has 0 atom stereocenters. The minimum absolute atomic E-state index is 0.268. The number of aromatic nitrogens is 1. The van der Waals surface area contributed by atoms with Gasteiger partial charge in [0.1, 0.15) is 5.69 Å². The lowest BCUT2D eigenvalue weighted by Gasteiger charge is -2.09. The first-order chi connectivity index (χ1) is 9.11. The third-order valence-electron chi connectivity index (χ3n) is 2.67. The Morgan fingerprint density at radius 1 is 1.32 bits per heavy atom. The number of rotatable bonds is 3. The molecule has 1 aromatic heterocycles. The summed E-state index contributed by atoms with van der Waals surface area (Å²) >= 11 is 3.41. The molecular weight excluding hydrogens is 308 g/mol. The van der Waals surface area contributed by atoms with Crippen LogP contribution in [-0.4, -0.2) is 17.2 Å². The van der Waals surface area contributed by atoms with E-state index in [-0.39, 0.29) is 11.6 Å². The fraction of sp³-hybridized carbons (Fsp3) is 0.0714. The number of pyridine rings is 1. The van der Waals surface area contributed by atoms with Gasteiger partial charge in [0, 0.05) is 21.9 Å². The minimum atomic E-state index is -0.307. The highest BCUT2D eigenvalue weighted by atomic mass is 79.9. The van der Waals surface area contributed by atoms with Crippen molar-refractivity contribution in [2.75, 3.05) is 5.32 Å². The SMILES string of the molecule is Cc1c(Br)cccc1NC(=O)c1ccc(C=O)cn1. The maximum atomic E-state index is 12.0. The van der Waals surface area contributed by atoms with E-state index < -0.39 is 0 Å². The zero-order valence-electron chi connectivity index (χ0n) is 10.2. The smallest absolute Gasteiger partial charge is 0.274 e. The summed E-state index contributed by atoms with van der Waals surface area (Å²) in [6.45, 7) is 1.91. The van der Waals surface area contributed by atoms with E-state index in [0.717, 1.165) is 15.7 Å². The third kappa shape index (κ3) is 3.06. The molecule has 0 aliphatic carbocycles. The Labute approximate surface area is 119 Å². The van der Waals surface area contributed by atoms with Crippen LogP contribution >= 0.6 is 15.9 Å². The molecule has 96 valence electrons. The van der Waals surface area contributed by atoms with Gasteiger partial charge in [-0.2, -0.15) is 0 Å². The van der Waals surface area contributed by atoms with E-state index in [2.05, 4.69) is 26.2 Å². The first-order valence-corrected chi connectivity index (χ1v) is 6.39. The Hall–Kier alpha value is -2.01. The Morgan fingerprint density at radius 3 is 2.74 bits per heavy atom. The van der Waals surface area contributed by atoms with Gasteiger partial charge >= 0.3 is 0 Å².